The first-order chi connectivity index (χ1) is 21.9. The molecule has 1 fully saturated rings. The van der Waals surface area contributed by atoms with Gasteiger partial charge in [0.15, 0.2) is 0 Å². The molecule has 0 bridgehead atoms. The highest BCUT2D eigenvalue weighted by molar-refractivity contribution is 6.30. The van der Waals surface area contributed by atoms with Crippen LogP contribution >= 0.6 is 11.6 Å². The number of nitrogens with zero attached hydrogens (tertiary/aromatic N) is 5. The molecule has 1 spiro atoms. The third kappa shape index (κ3) is 3.94. The molecule has 45 heavy (non-hydrogen) atoms. The van der Waals surface area contributed by atoms with E-state index in [1.54, 1.807) is 23.1 Å². The molecular weight excluding hydrogens is 589 g/mol. The number of pyridine rings is 1. The lowest BCUT2D eigenvalue weighted by Crippen LogP contribution is -2.61. The van der Waals surface area contributed by atoms with Gasteiger partial charge >= 0.3 is 0 Å². The molecule has 3 heterocycles. The van der Waals surface area contributed by atoms with Gasteiger partial charge in [0.25, 0.3) is 0 Å². The van der Waals surface area contributed by atoms with Crippen molar-refractivity contribution in [2.45, 2.75) is 12.0 Å². The number of nitriles is 1. The first-order valence-corrected chi connectivity index (χ1v) is 14.6. The van der Waals surface area contributed by atoms with Crippen molar-refractivity contribution in [1.82, 2.24) is 15.0 Å². The number of β-lactam (4-membered cyclic amide) rings is 1. The van der Waals surface area contributed by atoms with Crippen molar-refractivity contribution in [2.24, 2.45) is 0 Å². The van der Waals surface area contributed by atoms with E-state index in [1.807, 2.05) is 66.7 Å². The van der Waals surface area contributed by atoms with E-state index in [4.69, 9.17) is 26.3 Å². The van der Waals surface area contributed by atoms with Crippen LogP contribution in [0.3, 0.4) is 0 Å². The van der Waals surface area contributed by atoms with Crippen LogP contribution in [-0.2, 0) is 10.3 Å². The van der Waals surface area contributed by atoms with E-state index in [0.29, 0.717) is 50.0 Å². The molecule has 1 unspecified atom stereocenters. The smallest absolute Gasteiger partial charge is 0.232 e. The van der Waals surface area contributed by atoms with E-state index in [1.165, 1.54) is 19.2 Å². The molecule has 2 aliphatic rings. The first kappa shape index (κ1) is 26.9. The molecule has 1 atom stereocenters. The van der Waals surface area contributed by atoms with Crippen LogP contribution in [0.25, 0.3) is 44.7 Å². The number of ether oxygens (including phenoxy) is 1. The Balaban J connectivity index is 1.23. The normalized spacial score (nSPS) is 16.3. The summed E-state index contributed by atoms with van der Waals surface area (Å²) in [5, 5.41) is 10.5. The van der Waals surface area contributed by atoms with Gasteiger partial charge in [-0.1, -0.05) is 60.1 Å². The largest absolute Gasteiger partial charge is 0.480 e. The van der Waals surface area contributed by atoms with Crippen LogP contribution in [0.5, 0.6) is 5.88 Å². The molecule has 8 rings (SSSR count). The Bertz CT molecular complexity index is 2250. The van der Waals surface area contributed by atoms with E-state index in [0.717, 1.165) is 22.3 Å². The number of halogens is 2. The molecule has 1 aliphatic heterocycles. The summed E-state index contributed by atoms with van der Waals surface area (Å²) < 4.78 is 19.7. The van der Waals surface area contributed by atoms with Crippen LogP contribution < -0.4 is 9.64 Å². The maximum Gasteiger partial charge on any atom is 0.232 e. The second-order valence-corrected chi connectivity index (χ2v) is 11.4. The van der Waals surface area contributed by atoms with E-state index >= 15 is 0 Å². The fourth-order valence-corrected chi connectivity index (χ4v) is 6.64. The van der Waals surface area contributed by atoms with E-state index in [-0.39, 0.29) is 18.2 Å². The van der Waals surface area contributed by atoms with E-state index in [9.17, 15) is 14.4 Å². The van der Waals surface area contributed by atoms with Gasteiger partial charge in [-0.05, 0) is 53.6 Å². The average molecular weight is 610 g/mol. The summed E-state index contributed by atoms with van der Waals surface area (Å²) in [4.78, 5) is 29.6. The van der Waals surface area contributed by atoms with Crippen molar-refractivity contribution in [3.63, 3.8) is 0 Å². The lowest BCUT2D eigenvalue weighted by Gasteiger charge is -2.50. The molecule has 1 aliphatic carbocycles. The lowest BCUT2D eigenvalue weighted by molar-refractivity contribution is -0.126. The number of rotatable bonds is 4. The zero-order valence-corrected chi connectivity index (χ0v) is 24.5. The number of aromatic nitrogens is 3. The maximum absolute atomic E-state index is 14.2. The van der Waals surface area contributed by atoms with Crippen molar-refractivity contribution in [2.75, 3.05) is 12.0 Å². The summed E-state index contributed by atoms with van der Waals surface area (Å²) in [6.45, 7) is 0. The quantitative estimate of drug-likeness (QED) is 0.190. The van der Waals surface area contributed by atoms with Crippen molar-refractivity contribution < 1.29 is 13.9 Å². The first-order valence-electron chi connectivity index (χ1n) is 14.2. The van der Waals surface area contributed by atoms with E-state index < -0.39 is 11.4 Å². The Kier molecular flexibility index (Phi) is 5.95. The molecule has 1 saturated heterocycles. The number of methoxy groups -OCH3 is 1. The lowest BCUT2D eigenvalue weighted by atomic mass is 9.77. The van der Waals surface area contributed by atoms with Crippen molar-refractivity contribution in [3.05, 3.63) is 125 Å². The zero-order valence-electron chi connectivity index (χ0n) is 23.8. The molecule has 216 valence electrons. The minimum Gasteiger partial charge on any atom is -0.480 e. The van der Waals surface area contributed by atoms with Gasteiger partial charge in [-0.3, -0.25) is 9.69 Å². The molecule has 2 aromatic heterocycles. The molecule has 7 nitrogen and oxygen atoms in total. The Morgan fingerprint density at radius 1 is 0.889 bits per heavy atom. The molecule has 0 N–H and O–H groups in total. The van der Waals surface area contributed by atoms with Gasteiger partial charge in [-0.2, -0.15) is 5.26 Å². The number of amides is 1. The summed E-state index contributed by atoms with van der Waals surface area (Å²) in [7, 11) is 1.48. The molecular formula is C36H21ClFN5O2. The maximum atomic E-state index is 14.2. The highest BCUT2D eigenvalue weighted by Crippen LogP contribution is 2.57. The van der Waals surface area contributed by atoms with E-state index in [2.05, 4.69) is 11.1 Å². The van der Waals surface area contributed by atoms with Crippen LogP contribution in [0.15, 0.2) is 97.1 Å². The van der Waals surface area contributed by atoms with Crippen LogP contribution in [0, 0.1) is 17.1 Å². The molecule has 1 amide bonds. The van der Waals surface area contributed by atoms with Gasteiger partial charge in [0.2, 0.25) is 11.8 Å². The van der Waals surface area contributed by atoms with Crippen molar-refractivity contribution in [1.29, 1.82) is 5.26 Å². The van der Waals surface area contributed by atoms with Crippen LogP contribution in [-0.4, -0.2) is 28.0 Å². The van der Waals surface area contributed by atoms with Gasteiger partial charge in [-0.15, -0.1) is 0 Å². The van der Waals surface area contributed by atoms with Gasteiger partial charge in [-0.25, -0.2) is 19.3 Å². The van der Waals surface area contributed by atoms with Crippen LogP contribution in [0.4, 0.5) is 10.1 Å². The van der Waals surface area contributed by atoms with Crippen LogP contribution in [0.2, 0.25) is 5.02 Å². The second kappa shape index (κ2) is 9.94. The fourth-order valence-electron chi connectivity index (χ4n) is 6.51. The number of benzene rings is 4. The van der Waals surface area contributed by atoms with Gasteiger partial charge in [0.05, 0.1) is 41.6 Å². The number of hydrogen-bond donors (Lipinski definition) is 0. The molecule has 0 radical (unpaired) electrons. The summed E-state index contributed by atoms with van der Waals surface area (Å²) in [5.74, 6) is -0.247. The van der Waals surface area contributed by atoms with Crippen LogP contribution in [0.1, 0.15) is 23.2 Å². The van der Waals surface area contributed by atoms with Gasteiger partial charge in [0.1, 0.15) is 23.0 Å². The Hall–Kier alpha value is -5.65. The summed E-state index contributed by atoms with van der Waals surface area (Å²) in [6.07, 6.45) is 0.215. The minimum absolute atomic E-state index is 0.0604. The summed E-state index contributed by atoms with van der Waals surface area (Å²) in [5.41, 5.74) is 7.17. The molecule has 9 heteroatoms. The van der Waals surface area contributed by atoms with Crippen molar-refractivity contribution in [3.8, 4) is 45.6 Å². The monoisotopic (exact) mass is 609 g/mol. The zero-order chi connectivity index (χ0) is 30.9. The highest BCUT2D eigenvalue weighted by atomic mass is 35.5. The third-order valence-electron chi connectivity index (χ3n) is 8.55. The van der Waals surface area contributed by atoms with Crippen molar-refractivity contribution >= 4 is 34.2 Å². The summed E-state index contributed by atoms with van der Waals surface area (Å²) >= 11 is 6.11. The SMILES string of the molecule is COc1nc(-c2ccc(N3C(=O)CC34c3ccccc3-c3nc5ccc(F)cc5nc34)cc2)cc(-c2ccc(Cl)cc2)c1C#N. The molecule has 0 saturated carbocycles. The van der Waals surface area contributed by atoms with Gasteiger partial charge < -0.3 is 4.74 Å². The number of fused-ring (bicyclic) bond motifs is 6. The second-order valence-electron chi connectivity index (χ2n) is 11.0. The predicted octanol–water partition coefficient (Wildman–Crippen LogP) is 7.69. The molecule has 6 aromatic rings. The average Bonchev–Trinajstić information content (AvgIpc) is 3.34. The standard InChI is InChI=1S/C36H21ClFN5O2/c1-45-35-27(19-39)26(20-6-10-22(37)11-7-20)17-30(42-35)21-8-13-24(14-9-21)43-32(44)18-36(43)28-5-3-2-4-25(28)33-34(36)41-31-16-23(38)12-15-29(31)40-33/h2-17H,18H2,1H3. The number of carbonyl (C=O) groups is 1. The topological polar surface area (TPSA) is 92.0 Å². The Morgan fingerprint density at radius 3 is 2.38 bits per heavy atom. The predicted molar refractivity (Wildman–Crippen MR) is 169 cm³/mol. The molecule has 4 aromatic carbocycles. The number of hydrogen-bond acceptors (Lipinski definition) is 6. The minimum atomic E-state index is -0.865. The third-order valence-corrected chi connectivity index (χ3v) is 8.80. The fraction of sp³-hybridized carbons (Fsp3) is 0.0833. The Labute approximate surface area is 262 Å². The number of carbonyl (C=O) groups excluding carboxylic acids is 1. The number of anilines is 1. The summed E-state index contributed by atoms with van der Waals surface area (Å²) in [6, 6.07) is 31.0. The highest BCUT2D eigenvalue weighted by Gasteiger charge is 2.60. The Morgan fingerprint density at radius 2 is 1.64 bits per heavy atom. The van der Waals surface area contributed by atoms with Gasteiger partial charge in [0, 0.05) is 33.5 Å².